The van der Waals surface area contributed by atoms with Crippen molar-refractivity contribution >= 4 is 28.9 Å². The minimum atomic E-state index is -0.308. The summed E-state index contributed by atoms with van der Waals surface area (Å²) in [7, 11) is 0. The first-order valence-corrected chi connectivity index (χ1v) is 7.39. The molecule has 112 valence electrons. The third-order valence-electron chi connectivity index (χ3n) is 2.98. The van der Waals surface area contributed by atoms with Gasteiger partial charge in [0.05, 0.1) is 4.91 Å². The average molecular weight is 317 g/mol. The zero-order valence-electron chi connectivity index (χ0n) is 11.7. The van der Waals surface area contributed by atoms with Crippen LogP contribution < -0.4 is 0 Å². The lowest BCUT2D eigenvalue weighted by atomic mass is 10.2. The smallest absolute Gasteiger partial charge is 0.266 e. The lowest BCUT2D eigenvalue weighted by Gasteiger charge is -2.11. The number of amides is 1. The zero-order valence-corrected chi connectivity index (χ0v) is 12.5. The predicted octanol–water partition coefficient (Wildman–Crippen LogP) is 2.17. The Hall–Kier alpha value is -2.48. The molecule has 0 bridgehead atoms. The first-order chi connectivity index (χ1) is 10.7. The van der Waals surface area contributed by atoms with Gasteiger partial charge in [-0.2, -0.15) is 0 Å². The molecule has 2 aromatic rings. The second kappa shape index (κ2) is 6.10. The molecule has 1 aromatic heterocycles. The Kier molecular flexibility index (Phi) is 4.01. The normalized spacial score (nSPS) is 18.6. The van der Waals surface area contributed by atoms with Gasteiger partial charge in [-0.1, -0.05) is 12.1 Å². The molecule has 1 amide bonds. The number of benzene rings is 1. The highest BCUT2D eigenvalue weighted by Crippen LogP contribution is 2.32. The quantitative estimate of drug-likeness (QED) is 0.814. The maximum Gasteiger partial charge on any atom is 0.266 e. The van der Waals surface area contributed by atoms with E-state index in [2.05, 4.69) is 15.3 Å². The van der Waals surface area contributed by atoms with Crippen LogP contribution in [-0.4, -0.2) is 37.4 Å². The standard InChI is InChI=1S/C14H12FN5OS/c1-2-20-13(21)12(7-10-3-5-11(15)6-4-10)22-14(20)18-19-8-16-17-9-19/h3-9H,2H2,1H3/b12-7+,18-14?. The summed E-state index contributed by atoms with van der Waals surface area (Å²) in [6.45, 7) is 2.38. The van der Waals surface area contributed by atoms with Crippen molar-refractivity contribution in [2.45, 2.75) is 6.92 Å². The molecule has 0 aliphatic carbocycles. The van der Waals surface area contributed by atoms with Crippen LogP contribution in [0.4, 0.5) is 4.39 Å². The maximum atomic E-state index is 12.9. The molecule has 6 nitrogen and oxygen atoms in total. The number of carbonyl (C=O) groups excluding carboxylic acids is 1. The van der Waals surface area contributed by atoms with Crippen molar-refractivity contribution < 1.29 is 9.18 Å². The van der Waals surface area contributed by atoms with E-state index in [0.29, 0.717) is 16.6 Å². The number of hydrogen-bond donors (Lipinski definition) is 0. The van der Waals surface area contributed by atoms with Gasteiger partial charge in [-0.25, -0.2) is 9.07 Å². The van der Waals surface area contributed by atoms with Gasteiger partial charge in [0.2, 0.25) is 0 Å². The van der Waals surface area contributed by atoms with Crippen molar-refractivity contribution in [2.24, 2.45) is 5.10 Å². The van der Waals surface area contributed by atoms with Gasteiger partial charge in [0.15, 0.2) is 5.17 Å². The van der Waals surface area contributed by atoms with Crippen molar-refractivity contribution in [2.75, 3.05) is 6.54 Å². The van der Waals surface area contributed by atoms with E-state index in [4.69, 9.17) is 0 Å². The molecule has 1 aromatic carbocycles. The second-order valence-corrected chi connectivity index (χ2v) is 5.45. The number of amidine groups is 1. The van der Waals surface area contributed by atoms with Crippen LogP contribution in [0.3, 0.4) is 0 Å². The summed E-state index contributed by atoms with van der Waals surface area (Å²) in [5.41, 5.74) is 0.763. The number of likely N-dealkylation sites (N-methyl/N-ethyl adjacent to an activating group) is 1. The minimum absolute atomic E-state index is 0.122. The fraction of sp³-hybridized carbons (Fsp3) is 0.143. The Morgan fingerprint density at radius 2 is 1.95 bits per heavy atom. The molecule has 1 aliphatic rings. The number of thioether (sulfide) groups is 1. The molecule has 0 saturated carbocycles. The summed E-state index contributed by atoms with van der Waals surface area (Å²) < 4.78 is 14.4. The van der Waals surface area contributed by atoms with Crippen LogP contribution in [0.25, 0.3) is 6.08 Å². The van der Waals surface area contributed by atoms with E-state index in [9.17, 15) is 9.18 Å². The van der Waals surface area contributed by atoms with Crippen LogP contribution in [0.15, 0.2) is 46.9 Å². The minimum Gasteiger partial charge on any atom is -0.285 e. The molecule has 0 unspecified atom stereocenters. The molecule has 0 radical (unpaired) electrons. The van der Waals surface area contributed by atoms with Crippen molar-refractivity contribution in [3.05, 3.63) is 53.2 Å². The lowest BCUT2D eigenvalue weighted by molar-refractivity contribution is -0.122. The Balaban J connectivity index is 1.91. The monoisotopic (exact) mass is 317 g/mol. The number of nitrogens with zero attached hydrogens (tertiary/aromatic N) is 5. The highest BCUT2D eigenvalue weighted by atomic mass is 32.2. The largest absolute Gasteiger partial charge is 0.285 e. The number of aromatic nitrogens is 3. The number of halogens is 1. The highest BCUT2D eigenvalue weighted by molar-refractivity contribution is 8.18. The fourth-order valence-corrected chi connectivity index (χ4v) is 2.96. The molecule has 0 N–H and O–H groups in total. The van der Waals surface area contributed by atoms with Gasteiger partial charge in [-0.05, 0) is 42.5 Å². The average Bonchev–Trinajstić information content (AvgIpc) is 3.11. The molecule has 22 heavy (non-hydrogen) atoms. The van der Waals surface area contributed by atoms with Crippen LogP contribution in [0.1, 0.15) is 12.5 Å². The van der Waals surface area contributed by atoms with Gasteiger partial charge in [-0.3, -0.25) is 9.69 Å². The van der Waals surface area contributed by atoms with Gasteiger partial charge >= 0.3 is 0 Å². The van der Waals surface area contributed by atoms with Crippen molar-refractivity contribution in [1.29, 1.82) is 0 Å². The van der Waals surface area contributed by atoms with Crippen LogP contribution in [0.5, 0.6) is 0 Å². The summed E-state index contributed by atoms with van der Waals surface area (Å²) in [4.78, 5) is 14.5. The molecule has 3 rings (SSSR count). The van der Waals surface area contributed by atoms with Crippen LogP contribution in [-0.2, 0) is 4.79 Å². The van der Waals surface area contributed by atoms with Gasteiger partial charge in [-0.15, -0.1) is 15.3 Å². The summed E-state index contributed by atoms with van der Waals surface area (Å²) in [5, 5.41) is 12.2. The van der Waals surface area contributed by atoms with E-state index < -0.39 is 0 Å². The molecule has 1 fully saturated rings. The summed E-state index contributed by atoms with van der Waals surface area (Å²) in [6.07, 6.45) is 4.63. The van der Waals surface area contributed by atoms with Crippen LogP contribution in [0, 0.1) is 5.82 Å². The van der Waals surface area contributed by atoms with Gasteiger partial charge < -0.3 is 0 Å². The Labute approximate surface area is 130 Å². The van der Waals surface area contributed by atoms with E-state index >= 15 is 0 Å². The van der Waals surface area contributed by atoms with Crippen LogP contribution >= 0.6 is 11.8 Å². The Morgan fingerprint density at radius 3 is 2.59 bits per heavy atom. The third kappa shape index (κ3) is 2.91. The second-order valence-electron chi connectivity index (χ2n) is 4.44. The van der Waals surface area contributed by atoms with Gasteiger partial charge in [0.1, 0.15) is 18.5 Å². The first kappa shape index (κ1) is 14.5. The van der Waals surface area contributed by atoms with Crippen molar-refractivity contribution in [3.8, 4) is 0 Å². The first-order valence-electron chi connectivity index (χ1n) is 6.58. The van der Waals surface area contributed by atoms with E-state index in [-0.39, 0.29) is 11.7 Å². The molecule has 1 saturated heterocycles. The number of hydrogen-bond acceptors (Lipinski definition) is 5. The molecule has 0 atom stereocenters. The molecule has 8 heteroatoms. The number of rotatable bonds is 3. The van der Waals surface area contributed by atoms with Crippen molar-refractivity contribution in [1.82, 2.24) is 19.8 Å². The number of carbonyl (C=O) groups is 1. The maximum absolute atomic E-state index is 12.9. The Morgan fingerprint density at radius 1 is 1.27 bits per heavy atom. The molecule has 1 aliphatic heterocycles. The van der Waals surface area contributed by atoms with Gasteiger partial charge in [0, 0.05) is 6.54 Å². The van der Waals surface area contributed by atoms with E-state index in [1.165, 1.54) is 41.2 Å². The topological polar surface area (TPSA) is 63.4 Å². The molecular weight excluding hydrogens is 305 g/mol. The predicted molar refractivity (Wildman–Crippen MR) is 82.2 cm³/mol. The fourth-order valence-electron chi connectivity index (χ4n) is 1.92. The van der Waals surface area contributed by atoms with Gasteiger partial charge in [0.25, 0.3) is 5.91 Å². The molecule has 0 spiro atoms. The third-order valence-corrected chi connectivity index (χ3v) is 3.98. The highest BCUT2D eigenvalue weighted by Gasteiger charge is 2.32. The summed E-state index contributed by atoms with van der Waals surface area (Å²) in [5.74, 6) is -0.429. The Bertz CT molecular complexity index is 739. The van der Waals surface area contributed by atoms with E-state index in [0.717, 1.165) is 5.56 Å². The summed E-state index contributed by atoms with van der Waals surface area (Å²) >= 11 is 1.27. The summed E-state index contributed by atoms with van der Waals surface area (Å²) in [6, 6.07) is 5.98. The molecular formula is C14H12FN5OS. The van der Waals surface area contributed by atoms with Crippen LogP contribution in [0.2, 0.25) is 0 Å². The van der Waals surface area contributed by atoms with Crippen molar-refractivity contribution in [3.63, 3.8) is 0 Å². The molecule has 2 heterocycles. The SMILES string of the molecule is CCN1C(=O)/C(=C\c2ccc(F)cc2)SC1=Nn1cnnc1. The van der Waals surface area contributed by atoms with E-state index in [1.54, 1.807) is 23.1 Å². The lowest BCUT2D eigenvalue weighted by Crippen LogP contribution is -2.29. The zero-order chi connectivity index (χ0) is 15.5. The van der Waals surface area contributed by atoms with E-state index in [1.807, 2.05) is 6.92 Å².